The normalized spacial score (nSPS) is 10.8. The van der Waals surface area contributed by atoms with Crippen molar-refractivity contribution in [3.05, 3.63) is 41.2 Å². The number of hydrogen-bond acceptors (Lipinski definition) is 6. The second kappa shape index (κ2) is 5.72. The Bertz CT molecular complexity index is 456. The van der Waals surface area contributed by atoms with Crippen molar-refractivity contribution in [3.8, 4) is 0 Å². The van der Waals surface area contributed by atoms with Crippen LogP contribution in [0, 0.1) is 0 Å². The first-order chi connectivity index (χ1) is 8.28. The lowest BCUT2D eigenvalue weighted by molar-refractivity contribution is 0.318. The van der Waals surface area contributed by atoms with Crippen LogP contribution in [0.3, 0.4) is 0 Å². The average Bonchev–Trinajstić information content (AvgIpc) is 2.78. The molecule has 0 radical (unpaired) electrons. The number of nitrogens with one attached hydrogen (secondary N) is 1. The molecule has 17 heavy (non-hydrogen) atoms. The van der Waals surface area contributed by atoms with Crippen molar-refractivity contribution in [2.75, 3.05) is 12.5 Å². The molecule has 2 aromatic heterocycles. The van der Waals surface area contributed by atoms with Gasteiger partial charge in [0.15, 0.2) is 5.13 Å². The summed E-state index contributed by atoms with van der Waals surface area (Å²) in [6.07, 6.45) is 3.65. The zero-order chi connectivity index (χ0) is 12.1. The van der Waals surface area contributed by atoms with Crippen LogP contribution in [-0.4, -0.2) is 21.9 Å². The van der Waals surface area contributed by atoms with Gasteiger partial charge < -0.3 is 0 Å². The molecule has 0 spiro atoms. The summed E-state index contributed by atoms with van der Waals surface area (Å²) in [5.74, 6) is 5.29. The zero-order valence-corrected chi connectivity index (χ0v) is 10.4. The highest BCUT2D eigenvalue weighted by Crippen LogP contribution is 2.18. The number of nitrogens with zero attached hydrogens (tertiary/aromatic N) is 3. The van der Waals surface area contributed by atoms with Crippen LogP contribution in [0.5, 0.6) is 0 Å². The Morgan fingerprint density at radius 2 is 2.24 bits per heavy atom. The van der Waals surface area contributed by atoms with Crippen LogP contribution < -0.4 is 11.3 Å². The number of hydrogen-bond donors (Lipinski definition) is 2. The molecule has 5 nitrogen and oxygen atoms in total. The smallest absolute Gasteiger partial charge is 0.197 e. The Morgan fingerprint density at radius 1 is 1.35 bits per heavy atom. The summed E-state index contributed by atoms with van der Waals surface area (Å²) in [5.41, 5.74) is 3.61. The van der Waals surface area contributed by atoms with E-state index >= 15 is 0 Å². The highest BCUT2D eigenvalue weighted by Gasteiger charge is 2.05. The van der Waals surface area contributed by atoms with E-state index in [-0.39, 0.29) is 0 Å². The highest BCUT2D eigenvalue weighted by atomic mass is 32.1. The third kappa shape index (κ3) is 3.48. The van der Waals surface area contributed by atoms with Crippen LogP contribution in [0.2, 0.25) is 0 Å². The summed E-state index contributed by atoms with van der Waals surface area (Å²) in [6, 6.07) is 5.95. The number of hydrazine groups is 1. The van der Waals surface area contributed by atoms with Gasteiger partial charge in [0.05, 0.1) is 5.69 Å². The van der Waals surface area contributed by atoms with Gasteiger partial charge in [-0.15, -0.1) is 0 Å². The minimum Gasteiger partial charge on any atom is -0.300 e. The summed E-state index contributed by atoms with van der Waals surface area (Å²) in [4.78, 5) is 11.8. The molecule has 3 N–H and O–H groups in total. The number of nitrogens with two attached hydrogens (primary N) is 1. The molecule has 90 valence electrons. The molecule has 0 aliphatic heterocycles. The van der Waals surface area contributed by atoms with Gasteiger partial charge in [0, 0.05) is 30.4 Å². The molecule has 0 amide bonds. The molecule has 2 aromatic rings. The monoisotopic (exact) mass is 249 g/mol. The first-order valence-corrected chi connectivity index (χ1v) is 6.09. The van der Waals surface area contributed by atoms with Crippen molar-refractivity contribution in [1.29, 1.82) is 0 Å². The maximum Gasteiger partial charge on any atom is 0.197 e. The minimum absolute atomic E-state index is 0.742. The molecule has 0 aromatic carbocycles. The second-order valence-electron chi connectivity index (χ2n) is 3.77. The van der Waals surface area contributed by atoms with Crippen molar-refractivity contribution < 1.29 is 0 Å². The SMILES string of the molecule is CN(Cc1ccccn1)Cc1cnc(NN)s1. The number of thiazole rings is 1. The van der Waals surface area contributed by atoms with Crippen molar-refractivity contribution >= 4 is 16.5 Å². The van der Waals surface area contributed by atoms with E-state index in [0.29, 0.717) is 0 Å². The predicted octanol–water partition coefficient (Wildman–Crippen LogP) is 1.46. The molecular formula is C11H15N5S. The van der Waals surface area contributed by atoms with E-state index in [1.165, 1.54) is 4.88 Å². The summed E-state index contributed by atoms with van der Waals surface area (Å²) >= 11 is 1.56. The molecule has 6 heteroatoms. The van der Waals surface area contributed by atoms with E-state index in [9.17, 15) is 0 Å². The Hall–Kier alpha value is -1.50. The van der Waals surface area contributed by atoms with Gasteiger partial charge in [0.2, 0.25) is 0 Å². The molecule has 0 fully saturated rings. The third-order valence-electron chi connectivity index (χ3n) is 2.26. The Labute approximate surface area is 104 Å². The standard InChI is InChI=1S/C11H15N5S/c1-16(7-9-4-2-3-5-13-9)8-10-6-14-11(15-12)17-10/h2-6H,7-8,12H2,1H3,(H,14,15). The van der Waals surface area contributed by atoms with Gasteiger partial charge >= 0.3 is 0 Å². The largest absolute Gasteiger partial charge is 0.300 e. The Balaban J connectivity index is 1.91. The van der Waals surface area contributed by atoms with Crippen molar-refractivity contribution in [3.63, 3.8) is 0 Å². The van der Waals surface area contributed by atoms with E-state index in [1.54, 1.807) is 11.3 Å². The van der Waals surface area contributed by atoms with Gasteiger partial charge in [-0.05, 0) is 19.2 Å². The van der Waals surface area contributed by atoms with Crippen molar-refractivity contribution in [2.45, 2.75) is 13.1 Å². The molecular weight excluding hydrogens is 234 g/mol. The van der Waals surface area contributed by atoms with Gasteiger partial charge in [-0.2, -0.15) is 0 Å². The number of nitrogen functional groups attached to an aromatic ring is 1. The van der Waals surface area contributed by atoms with Gasteiger partial charge in [-0.3, -0.25) is 15.3 Å². The Kier molecular flexibility index (Phi) is 4.03. The molecule has 0 aliphatic rings. The fraction of sp³-hybridized carbons (Fsp3) is 0.273. The van der Waals surface area contributed by atoms with Gasteiger partial charge in [0.1, 0.15) is 0 Å². The average molecular weight is 249 g/mol. The van der Waals surface area contributed by atoms with Gasteiger partial charge in [-0.1, -0.05) is 17.4 Å². The van der Waals surface area contributed by atoms with E-state index in [2.05, 4.69) is 27.3 Å². The first kappa shape index (κ1) is 12.0. The molecule has 0 aliphatic carbocycles. The molecule has 2 rings (SSSR count). The van der Waals surface area contributed by atoms with Gasteiger partial charge in [-0.25, -0.2) is 10.8 Å². The highest BCUT2D eigenvalue weighted by molar-refractivity contribution is 7.15. The molecule has 0 saturated carbocycles. The second-order valence-corrected chi connectivity index (χ2v) is 4.88. The molecule has 0 unspecified atom stereocenters. The van der Waals surface area contributed by atoms with Crippen LogP contribution in [0.4, 0.5) is 5.13 Å². The van der Waals surface area contributed by atoms with Crippen LogP contribution in [0.25, 0.3) is 0 Å². The van der Waals surface area contributed by atoms with Crippen LogP contribution in [0.1, 0.15) is 10.6 Å². The first-order valence-electron chi connectivity index (χ1n) is 5.27. The molecule has 0 saturated heterocycles. The third-order valence-corrected chi connectivity index (χ3v) is 3.17. The number of rotatable bonds is 5. The maximum atomic E-state index is 5.29. The summed E-state index contributed by atoms with van der Waals surface area (Å²) < 4.78 is 0. The van der Waals surface area contributed by atoms with Crippen LogP contribution in [0.15, 0.2) is 30.6 Å². The van der Waals surface area contributed by atoms with Gasteiger partial charge in [0.25, 0.3) is 0 Å². The summed E-state index contributed by atoms with van der Waals surface area (Å²) in [6.45, 7) is 1.67. The number of anilines is 1. The maximum absolute atomic E-state index is 5.29. The van der Waals surface area contributed by atoms with E-state index in [1.807, 2.05) is 30.6 Å². The lowest BCUT2D eigenvalue weighted by Crippen LogP contribution is -2.17. The fourth-order valence-electron chi connectivity index (χ4n) is 1.54. The summed E-state index contributed by atoms with van der Waals surface area (Å²) in [5, 5.41) is 0.742. The lowest BCUT2D eigenvalue weighted by Gasteiger charge is -2.14. The summed E-state index contributed by atoms with van der Waals surface area (Å²) in [7, 11) is 2.06. The molecule has 2 heterocycles. The van der Waals surface area contributed by atoms with E-state index in [0.717, 1.165) is 23.9 Å². The van der Waals surface area contributed by atoms with E-state index in [4.69, 9.17) is 5.84 Å². The quantitative estimate of drug-likeness (QED) is 0.620. The minimum atomic E-state index is 0.742. The molecule has 0 bridgehead atoms. The van der Waals surface area contributed by atoms with Crippen LogP contribution in [-0.2, 0) is 13.1 Å². The van der Waals surface area contributed by atoms with E-state index < -0.39 is 0 Å². The topological polar surface area (TPSA) is 67.1 Å². The van der Waals surface area contributed by atoms with Crippen LogP contribution >= 0.6 is 11.3 Å². The van der Waals surface area contributed by atoms with Crippen molar-refractivity contribution in [1.82, 2.24) is 14.9 Å². The number of aromatic nitrogens is 2. The molecule has 0 atom stereocenters. The lowest BCUT2D eigenvalue weighted by atomic mass is 10.3. The zero-order valence-electron chi connectivity index (χ0n) is 9.63. The Morgan fingerprint density at radius 3 is 2.88 bits per heavy atom. The fourth-order valence-corrected chi connectivity index (χ4v) is 2.34. The predicted molar refractivity (Wildman–Crippen MR) is 69.3 cm³/mol. The number of pyridine rings is 1. The van der Waals surface area contributed by atoms with Crippen molar-refractivity contribution in [2.24, 2.45) is 5.84 Å².